The van der Waals surface area contributed by atoms with E-state index in [-0.39, 0.29) is 5.56 Å². The quantitative estimate of drug-likeness (QED) is 0.769. The molecule has 0 saturated carbocycles. The number of benzene rings is 1. The van der Waals surface area contributed by atoms with Crippen molar-refractivity contribution in [3.05, 3.63) is 48.5 Å². The lowest BCUT2D eigenvalue weighted by Crippen LogP contribution is -2.04. The second kappa shape index (κ2) is 5.16. The minimum atomic E-state index is -0.947. The SMILES string of the molecule is O=C(O)c1cccc2c1ncn2CCCn1cccn1. The summed E-state index contributed by atoms with van der Waals surface area (Å²) < 4.78 is 3.85. The van der Waals surface area contributed by atoms with Crippen LogP contribution in [0.15, 0.2) is 43.0 Å². The van der Waals surface area contributed by atoms with Crippen molar-refractivity contribution < 1.29 is 9.90 Å². The summed E-state index contributed by atoms with van der Waals surface area (Å²) in [6, 6.07) is 7.11. The molecule has 0 unspecified atom stereocenters. The second-order valence-electron chi connectivity index (χ2n) is 4.54. The number of nitrogens with zero attached hydrogens (tertiary/aromatic N) is 4. The van der Waals surface area contributed by atoms with E-state index in [4.69, 9.17) is 5.11 Å². The minimum Gasteiger partial charge on any atom is -0.478 e. The van der Waals surface area contributed by atoms with E-state index in [9.17, 15) is 4.79 Å². The number of hydrogen-bond donors (Lipinski definition) is 1. The van der Waals surface area contributed by atoms with Crippen molar-refractivity contribution in [3.8, 4) is 0 Å². The highest BCUT2D eigenvalue weighted by atomic mass is 16.4. The first-order chi connectivity index (χ1) is 9.75. The summed E-state index contributed by atoms with van der Waals surface area (Å²) in [6.07, 6.45) is 6.28. The molecular weight excluding hydrogens is 256 g/mol. The first kappa shape index (κ1) is 12.4. The number of aromatic nitrogens is 4. The van der Waals surface area contributed by atoms with Crippen molar-refractivity contribution in [2.75, 3.05) is 0 Å². The van der Waals surface area contributed by atoms with Crippen LogP contribution < -0.4 is 0 Å². The van der Waals surface area contributed by atoms with E-state index in [0.717, 1.165) is 25.0 Å². The van der Waals surface area contributed by atoms with Gasteiger partial charge >= 0.3 is 5.97 Å². The number of rotatable bonds is 5. The normalized spacial score (nSPS) is 11.0. The molecule has 3 aromatic rings. The van der Waals surface area contributed by atoms with E-state index in [1.54, 1.807) is 24.7 Å². The Hall–Kier alpha value is -2.63. The van der Waals surface area contributed by atoms with Gasteiger partial charge in [0.05, 0.1) is 17.4 Å². The van der Waals surface area contributed by atoms with Gasteiger partial charge < -0.3 is 9.67 Å². The predicted octanol–water partition coefficient (Wildman–Crippen LogP) is 2.02. The van der Waals surface area contributed by atoms with E-state index in [1.165, 1.54) is 0 Å². The van der Waals surface area contributed by atoms with Crippen molar-refractivity contribution in [1.82, 2.24) is 19.3 Å². The van der Waals surface area contributed by atoms with E-state index < -0.39 is 5.97 Å². The van der Waals surface area contributed by atoms with Gasteiger partial charge in [0, 0.05) is 25.5 Å². The van der Waals surface area contributed by atoms with E-state index in [0.29, 0.717) is 5.52 Å². The second-order valence-corrected chi connectivity index (χ2v) is 4.54. The molecule has 0 aliphatic heterocycles. The predicted molar refractivity (Wildman–Crippen MR) is 73.5 cm³/mol. The highest BCUT2D eigenvalue weighted by Gasteiger charge is 2.11. The number of aromatic carboxylic acids is 1. The van der Waals surface area contributed by atoms with Gasteiger partial charge in [-0.15, -0.1) is 0 Å². The summed E-state index contributed by atoms with van der Waals surface area (Å²) in [5, 5.41) is 13.3. The maximum Gasteiger partial charge on any atom is 0.337 e. The molecule has 0 aliphatic rings. The van der Waals surface area contributed by atoms with Gasteiger partial charge in [-0.05, 0) is 24.6 Å². The Labute approximate surface area is 115 Å². The number of carboxylic acids is 1. The zero-order chi connectivity index (χ0) is 13.9. The molecule has 6 heteroatoms. The molecule has 0 bridgehead atoms. The fourth-order valence-corrected chi connectivity index (χ4v) is 2.27. The van der Waals surface area contributed by atoms with Crippen LogP contribution in [0.2, 0.25) is 0 Å². The third-order valence-electron chi connectivity index (χ3n) is 3.23. The first-order valence-corrected chi connectivity index (χ1v) is 6.40. The molecule has 0 atom stereocenters. The van der Waals surface area contributed by atoms with Gasteiger partial charge in [0.25, 0.3) is 0 Å². The van der Waals surface area contributed by atoms with Gasteiger partial charge in [0.15, 0.2) is 0 Å². The number of carboxylic acid groups (broad SMARTS) is 1. The average molecular weight is 270 g/mol. The van der Waals surface area contributed by atoms with E-state index in [1.807, 2.05) is 27.6 Å². The largest absolute Gasteiger partial charge is 0.478 e. The number of imidazole rings is 1. The van der Waals surface area contributed by atoms with Gasteiger partial charge in [-0.3, -0.25) is 4.68 Å². The van der Waals surface area contributed by atoms with Crippen LogP contribution in [0.25, 0.3) is 11.0 Å². The fraction of sp³-hybridized carbons (Fsp3) is 0.214. The molecule has 3 rings (SSSR count). The van der Waals surface area contributed by atoms with Gasteiger partial charge in [-0.25, -0.2) is 9.78 Å². The Morgan fingerprint density at radius 1 is 1.25 bits per heavy atom. The third kappa shape index (κ3) is 2.27. The van der Waals surface area contributed by atoms with Crippen molar-refractivity contribution in [3.63, 3.8) is 0 Å². The van der Waals surface area contributed by atoms with Crippen molar-refractivity contribution in [1.29, 1.82) is 0 Å². The maximum atomic E-state index is 11.1. The number of fused-ring (bicyclic) bond motifs is 1. The van der Waals surface area contributed by atoms with E-state index in [2.05, 4.69) is 10.1 Å². The van der Waals surface area contributed by atoms with Crippen molar-refractivity contribution in [2.24, 2.45) is 0 Å². The van der Waals surface area contributed by atoms with Crippen LogP contribution in [0.4, 0.5) is 0 Å². The van der Waals surface area contributed by atoms with Crippen LogP contribution in [0, 0.1) is 0 Å². The lowest BCUT2D eigenvalue weighted by Gasteiger charge is -2.05. The lowest BCUT2D eigenvalue weighted by atomic mass is 10.2. The van der Waals surface area contributed by atoms with Crippen LogP contribution in [0.1, 0.15) is 16.8 Å². The fourth-order valence-electron chi connectivity index (χ4n) is 2.27. The summed E-state index contributed by atoms with van der Waals surface area (Å²) in [5.74, 6) is -0.947. The summed E-state index contributed by atoms with van der Waals surface area (Å²) >= 11 is 0. The molecule has 20 heavy (non-hydrogen) atoms. The van der Waals surface area contributed by atoms with Crippen molar-refractivity contribution >= 4 is 17.0 Å². The average Bonchev–Trinajstić information content (AvgIpc) is 3.08. The summed E-state index contributed by atoms with van der Waals surface area (Å²) in [4.78, 5) is 15.3. The van der Waals surface area contributed by atoms with Crippen LogP contribution in [-0.4, -0.2) is 30.4 Å². The standard InChI is InChI=1S/C14H14N4O2/c19-14(20)11-4-1-5-12-13(11)15-10-17(12)7-3-9-18-8-2-6-16-18/h1-2,4-6,8,10H,3,7,9H2,(H,19,20). The van der Waals surface area contributed by atoms with Crippen LogP contribution in [0.5, 0.6) is 0 Å². The van der Waals surface area contributed by atoms with Crippen LogP contribution >= 0.6 is 0 Å². The monoisotopic (exact) mass is 270 g/mol. The molecule has 2 aromatic heterocycles. The molecule has 0 spiro atoms. The molecule has 1 aromatic carbocycles. The Bertz CT molecular complexity index is 731. The molecule has 1 N–H and O–H groups in total. The van der Waals surface area contributed by atoms with Gasteiger partial charge in [0.2, 0.25) is 0 Å². The van der Waals surface area contributed by atoms with Gasteiger partial charge in [-0.2, -0.15) is 5.10 Å². The smallest absolute Gasteiger partial charge is 0.337 e. The molecule has 0 fully saturated rings. The zero-order valence-electron chi connectivity index (χ0n) is 10.8. The van der Waals surface area contributed by atoms with Crippen LogP contribution in [-0.2, 0) is 13.1 Å². The Balaban J connectivity index is 1.79. The number of carbonyl (C=O) groups is 1. The van der Waals surface area contributed by atoms with Crippen LogP contribution in [0.3, 0.4) is 0 Å². The summed E-state index contributed by atoms with van der Waals surface area (Å²) in [6.45, 7) is 1.60. The Morgan fingerprint density at radius 3 is 2.90 bits per heavy atom. The third-order valence-corrected chi connectivity index (χ3v) is 3.23. The number of aryl methyl sites for hydroxylation is 2. The summed E-state index contributed by atoms with van der Waals surface area (Å²) in [7, 11) is 0. The van der Waals surface area contributed by atoms with E-state index >= 15 is 0 Å². The number of para-hydroxylation sites is 1. The highest BCUT2D eigenvalue weighted by molar-refractivity contribution is 6.00. The molecule has 2 heterocycles. The molecule has 0 saturated heterocycles. The number of hydrogen-bond acceptors (Lipinski definition) is 3. The Kier molecular flexibility index (Phi) is 3.20. The molecule has 0 amide bonds. The van der Waals surface area contributed by atoms with Crippen molar-refractivity contribution in [2.45, 2.75) is 19.5 Å². The topological polar surface area (TPSA) is 72.9 Å². The molecule has 6 nitrogen and oxygen atoms in total. The van der Waals surface area contributed by atoms with Gasteiger partial charge in [0.1, 0.15) is 5.52 Å². The molecular formula is C14H14N4O2. The first-order valence-electron chi connectivity index (χ1n) is 6.40. The summed E-state index contributed by atoms with van der Waals surface area (Å²) in [5.41, 5.74) is 1.64. The van der Waals surface area contributed by atoms with Gasteiger partial charge in [-0.1, -0.05) is 6.07 Å². The zero-order valence-corrected chi connectivity index (χ0v) is 10.8. The Morgan fingerprint density at radius 2 is 2.15 bits per heavy atom. The maximum absolute atomic E-state index is 11.1. The minimum absolute atomic E-state index is 0.244. The molecule has 102 valence electrons. The highest BCUT2D eigenvalue weighted by Crippen LogP contribution is 2.17. The molecule has 0 radical (unpaired) electrons. The molecule has 0 aliphatic carbocycles. The lowest BCUT2D eigenvalue weighted by molar-refractivity contribution is 0.0699.